The fraction of sp³-hybridized carbons (Fsp3) is 0.429. The molecule has 1 fully saturated rings. The van der Waals surface area contributed by atoms with Gasteiger partial charge in [0.25, 0.3) is 5.91 Å². The molecular weight excluding hydrogens is 276 g/mol. The lowest BCUT2D eigenvalue weighted by Gasteiger charge is -2.20. The molecule has 0 aromatic heterocycles. The van der Waals surface area contributed by atoms with Crippen LogP contribution in [0.5, 0.6) is 0 Å². The molecule has 1 aliphatic rings. The van der Waals surface area contributed by atoms with Crippen molar-refractivity contribution in [3.05, 3.63) is 29.8 Å². The van der Waals surface area contributed by atoms with Crippen LogP contribution in [0.1, 0.15) is 29.6 Å². The maximum absolute atomic E-state index is 12.3. The van der Waals surface area contributed by atoms with Crippen molar-refractivity contribution >= 4 is 34.9 Å². The Balaban J connectivity index is 2.10. The van der Waals surface area contributed by atoms with Crippen molar-refractivity contribution in [2.45, 2.75) is 30.2 Å². The van der Waals surface area contributed by atoms with Gasteiger partial charge < -0.3 is 11.1 Å². The average molecular weight is 294 g/mol. The van der Waals surface area contributed by atoms with E-state index in [1.54, 1.807) is 11.8 Å². The summed E-state index contributed by atoms with van der Waals surface area (Å²) >= 11 is 6.65. The van der Waals surface area contributed by atoms with E-state index in [9.17, 15) is 4.79 Å². The Kier molecular flexibility index (Phi) is 4.82. The predicted octanol–water partition coefficient (Wildman–Crippen LogP) is 2.59. The van der Waals surface area contributed by atoms with Gasteiger partial charge in [-0.15, -0.1) is 11.8 Å². The molecule has 0 aliphatic heterocycles. The maximum Gasteiger partial charge on any atom is 0.252 e. The normalized spacial score (nSPS) is 22.2. The van der Waals surface area contributed by atoms with E-state index in [0.717, 1.165) is 29.7 Å². The third-order valence-electron chi connectivity index (χ3n) is 3.55. The summed E-state index contributed by atoms with van der Waals surface area (Å²) in [5.74, 6) is 0.110. The minimum Gasteiger partial charge on any atom is -0.393 e. The van der Waals surface area contributed by atoms with E-state index in [1.807, 2.05) is 30.5 Å². The molecule has 1 amide bonds. The van der Waals surface area contributed by atoms with Gasteiger partial charge in [0, 0.05) is 16.9 Å². The number of amides is 1. The minimum atomic E-state index is -0.0295. The standard InChI is InChI=1S/C14H18N2OS2/c1-19-12-8-3-2-5-10(12)14(17)16-11-7-4-6-9(11)13(15)18/h2-3,5,8-9,11H,4,6-7H2,1H3,(H2,15,18)(H,16,17). The third kappa shape index (κ3) is 3.28. The molecule has 3 nitrogen and oxygen atoms in total. The number of carbonyl (C=O) groups is 1. The fourth-order valence-corrected chi connectivity index (χ4v) is 3.43. The summed E-state index contributed by atoms with van der Waals surface area (Å²) in [4.78, 5) is 13.8. The number of hydrogen-bond donors (Lipinski definition) is 2. The van der Waals surface area contributed by atoms with Gasteiger partial charge in [-0.05, 0) is 31.2 Å². The summed E-state index contributed by atoms with van der Waals surface area (Å²) < 4.78 is 0. The third-order valence-corrected chi connectivity index (χ3v) is 4.65. The van der Waals surface area contributed by atoms with Crippen LogP contribution in [-0.2, 0) is 0 Å². The van der Waals surface area contributed by atoms with Gasteiger partial charge in [0.2, 0.25) is 0 Å². The van der Waals surface area contributed by atoms with Crippen molar-refractivity contribution in [2.24, 2.45) is 11.7 Å². The van der Waals surface area contributed by atoms with Crippen molar-refractivity contribution < 1.29 is 4.79 Å². The van der Waals surface area contributed by atoms with Gasteiger partial charge in [-0.1, -0.05) is 30.8 Å². The van der Waals surface area contributed by atoms with Crippen LogP contribution in [0.15, 0.2) is 29.2 Å². The molecule has 102 valence electrons. The van der Waals surface area contributed by atoms with Gasteiger partial charge in [-0.2, -0.15) is 0 Å². The van der Waals surface area contributed by atoms with Gasteiger partial charge in [0.15, 0.2) is 0 Å². The lowest BCUT2D eigenvalue weighted by atomic mass is 10.0. The number of hydrogen-bond acceptors (Lipinski definition) is 3. The number of carbonyl (C=O) groups excluding carboxylic acids is 1. The van der Waals surface area contributed by atoms with E-state index in [1.165, 1.54) is 0 Å². The first-order valence-corrected chi connectivity index (χ1v) is 8.00. The number of thioether (sulfide) groups is 1. The van der Waals surface area contributed by atoms with Crippen molar-refractivity contribution in [1.29, 1.82) is 0 Å². The zero-order chi connectivity index (χ0) is 13.8. The SMILES string of the molecule is CSc1ccccc1C(=O)NC1CCCC1C(N)=S. The lowest BCUT2D eigenvalue weighted by Crippen LogP contribution is -2.41. The molecular formula is C14H18N2OS2. The van der Waals surface area contributed by atoms with Gasteiger partial charge >= 0.3 is 0 Å². The summed E-state index contributed by atoms with van der Waals surface area (Å²) in [5.41, 5.74) is 6.46. The van der Waals surface area contributed by atoms with Crippen LogP contribution < -0.4 is 11.1 Å². The molecule has 19 heavy (non-hydrogen) atoms. The van der Waals surface area contributed by atoms with Gasteiger partial charge in [-0.3, -0.25) is 4.79 Å². The highest BCUT2D eigenvalue weighted by atomic mass is 32.2. The molecule has 1 aromatic carbocycles. The number of thiocarbonyl (C=S) groups is 1. The highest BCUT2D eigenvalue weighted by molar-refractivity contribution is 7.98. The van der Waals surface area contributed by atoms with Crippen molar-refractivity contribution in [3.63, 3.8) is 0 Å². The molecule has 2 atom stereocenters. The number of rotatable bonds is 4. The molecule has 0 spiro atoms. The zero-order valence-corrected chi connectivity index (χ0v) is 12.5. The van der Waals surface area contributed by atoms with Crippen LogP contribution in [0.4, 0.5) is 0 Å². The predicted molar refractivity (Wildman–Crippen MR) is 83.6 cm³/mol. The molecule has 3 N–H and O–H groups in total. The van der Waals surface area contributed by atoms with Crippen LogP contribution in [0.2, 0.25) is 0 Å². The lowest BCUT2D eigenvalue weighted by molar-refractivity contribution is 0.0931. The number of nitrogens with one attached hydrogen (secondary N) is 1. The summed E-state index contributed by atoms with van der Waals surface area (Å²) in [6.45, 7) is 0. The molecule has 1 aliphatic carbocycles. The first-order chi connectivity index (χ1) is 9.13. The van der Waals surface area contributed by atoms with Crippen LogP contribution in [0.25, 0.3) is 0 Å². The van der Waals surface area contributed by atoms with Crippen molar-refractivity contribution in [1.82, 2.24) is 5.32 Å². The highest BCUT2D eigenvalue weighted by Gasteiger charge is 2.30. The fourth-order valence-electron chi connectivity index (χ4n) is 2.55. The second-order valence-electron chi connectivity index (χ2n) is 4.72. The van der Waals surface area contributed by atoms with E-state index in [-0.39, 0.29) is 17.9 Å². The summed E-state index contributed by atoms with van der Waals surface area (Å²) in [7, 11) is 0. The summed E-state index contributed by atoms with van der Waals surface area (Å²) in [6, 6.07) is 7.72. The molecule has 2 unspecified atom stereocenters. The van der Waals surface area contributed by atoms with Crippen molar-refractivity contribution in [3.8, 4) is 0 Å². The Morgan fingerprint density at radius 3 is 2.84 bits per heavy atom. The Labute approximate surface area is 123 Å². The van der Waals surface area contributed by atoms with E-state index in [0.29, 0.717) is 4.99 Å². The minimum absolute atomic E-state index is 0.0295. The Morgan fingerprint density at radius 1 is 1.42 bits per heavy atom. The summed E-state index contributed by atoms with van der Waals surface area (Å²) in [6.07, 6.45) is 4.97. The Bertz CT molecular complexity index is 490. The topological polar surface area (TPSA) is 55.1 Å². The quantitative estimate of drug-likeness (QED) is 0.662. The molecule has 0 saturated heterocycles. The highest BCUT2D eigenvalue weighted by Crippen LogP contribution is 2.27. The second-order valence-corrected chi connectivity index (χ2v) is 6.04. The van der Waals surface area contributed by atoms with Crippen LogP contribution in [-0.4, -0.2) is 23.2 Å². The van der Waals surface area contributed by atoms with E-state index in [2.05, 4.69) is 5.32 Å². The largest absolute Gasteiger partial charge is 0.393 e. The Morgan fingerprint density at radius 2 is 2.16 bits per heavy atom. The van der Waals surface area contributed by atoms with Crippen LogP contribution in [0.3, 0.4) is 0 Å². The first kappa shape index (κ1) is 14.3. The van der Waals surface area contributed by atoms with E-state index < -0.39 is 0 Å². The molecule has 2 rings (SSSR count). The molecule has 1 aromatic rings. The van der Waals surface area contributed by atoms with Gasteiger partial charge in [-0.25, -0.2) is 0 Å². The molecule has 1 saturated carbocycles. The second kappa shape index (κ2) is 6.39. The molecule has 0 heterocycles. The molecule has 5 heteroatoms. The average Bonchev–Trinajstić information content (AvgIpc) is 2.87. The van der Waals surface area contributed by atoms with Crippen molar-refractivity contribution in [2.75, 3.05) is 6.26 Å². The number of nitrogens with two attached hydrogens (primary N) is 1. The zero-order valence-electron chi connectivity index (χ0n) is 10.9. The summed E-state index contributed by atoms with van der Waals surface area (Å²) in [5, 5.41) is 3.08. The van der Waals surface area contributed by atoms with Gasteiger partial charge in [0.1, 0.15) is 0 Å². The Hall–Kier alpha value is -1.07. The molecule has 0 bridgehead atoms. The van der Waals surface area contributed by atoms with Crippen LogP contribution in [0, 0.1) is 5.92 Å². The van der Waals surface area contributed by atoms with Gasteiger partial charge in [0.05, 0.1) is 10.6 Å². The molecule has 0 radical (unpaired) electrons. The van der Waals surface area contributed by atoms with E-state index >= 15 is 0 Å². The first-order valence-electron chi connectivity index (χ1n) is 6.36. The van der Waals surface area contributed by atoms with E-state index in [4.69, 9.17) is 18.0 Å². The monoisotopic (exact) mass is 294 g/mol. The maximum atomic E-state index is 12.3. The number of benzene rings is 1. The van der Waals surface area contributed by atoms with Crippen LogP contribution >= 0.6 is 24.0 Å². The smallest absolute Gasteiger partial charge is 0.252 e.